The van der Waals surface area contributed by atoms with Gasteiger partial charge in [0.25, 0.3) is 0 Å². The molecule has 2 N–H and O–H groups in total. The lowest BCUT2D eigenvalue weighted by Gasteiger charge is -2.40. The molecule has 0 fully saturated rings. The summed E-state index contributed by atoms with van der Waals surface area (Å²) in [4.78, 5) is 24.1. The summed E-state index contributed by atoms with van der Waals surface area (Å²) < 4.78 is 0. The molecular formula is C40H78O4. The number of carboxylic acids is 2. The van der Waals surface area contributed by atoms with Crippen molar-refractivity contribution in [2.75, 3.05) is 0 Å². The average Bonchev–Trinajstić information content (AvgIpc) is 3.00. The fourth-order valence-electron chi connectivity index (χ4n) is 7.41. The Labute approximate surface area is 275 Å². The molecule has 0 spiro atoms. The zero-order valence-electron chi connectivity index (χ0n) is 30.1. The van der Waals surface area contributed by atoms with Crippen LogP contribution in [-0.2, 0) is 9.59 Å². The molecule has 4 nitrogen and oxygen atoms in total. The first kappa shape index (κ1) is 42.9. The minimum Gasteiger partial charge on any atom is -0.481 e. The lowest BCUT2D eigenvalue weighted by atomic mass is 9.64. The van der Waals surface area contributed by atoms with Gasteiger partial charge in [0.05, 0.1) is 5.92 Å². The number of carbonyl (C=O) groups is 2. The summed E-state index contributed by atoms with van der Waals surface area (Å²) in [5.41, 5.74) is -0.185. The van der Waals surface area contributed by atoms with Crippen molar-refractivity contribution in [2.24, 2.45) is 11.3 Å². The molecule has 0 heterocycles. The Hall–Kier alpha value is -1.06. The van der Waals surface area contributed by atoms with Gasteiger partial charge in [-0.1, -0.05) is 194 Å². The largest absolute Gasteiger partial charge is 0.481 e. The van der Waals surface area contributed by atoms with Crippen molar-refractivity contribution in [3.63, 3.8) is 0 Å². The zero-order valence-corrected chi connectivity index (χ0v) is 30.1. The van der Waals surface area contributed by atoms with Crippen LogP contribution in [0.1, 0.15) is 233 Å². The van der Waals surface area contributed by atoms with E-state index in [0.29, 0.717) is 12.8 Å². The van der Waals surface area contributed by atoms with E-state index in [1.807, 2.05) is 0 Å². The molecular weight excluding hydrogens is 544 g/mol. The third-order valence-corrected chi connectivity index (χ3v) is 10.3. The minimum atomic E-state index is -0.810. The van der Waals surface area contributed by atoms with Gasteiger partial charge in [-0.3, -0.25) is 9.59 Å². The van der Waals surface area contributed by atoms with Gasteiger partial charge in [-0.2, -0.15) is 0 Å². The molecule has 0 saturated heterocycles. The summed E-state index contributed by atoms with van der Waals surface area (Å²) in [5, 5.41) is 19.8. The van der Waals surface area contributed by atoms with E-state index in [2.05, 4.69) is 20.8 Å². The molecule has 1 atom stereocenters. The second-order valence-corrected chi connectivity index (χ2v) is 14.3. The van der Waals surface area contributed by atoms with Crippen molar-refractivity contribution < 1.29 is 19.8 Å². The highest BCUT2D eigenvalue weighted by atomic mass is 16.4. The van der Waals surface area contributed by atoms with Crippen molar-refractivity contribution in [1.29, 1.82) is 0 Å². The summed E-state index contributed by atoms with van der Waals surface area (Å²) in [6, 6.07) is 0. The van der Waals surface area contributed by atoms with E-state index in [9.17, 15) is 19.8 Å². The Morgan fingerprint density at radius 3 is 0.955 bits per heavy atom. The van der Waals surface area contributed by atoms with Gasteiger partial charge >= 0.3 is 11.9 Å². The molecule has 44 heavy (non-hydrogen) atoms. The number of rotatable bonds is 36. The van der Waals surface area contributed by atoms with Crippen LogP contribution < -0.4 is 0 Å². The Balaban J connectivity index is 5.12. The minimum absolute atomic E-state index is 0.0766. The van der Waals surface area contributed by atoms with Gasteiger partial charge in [0.1, 0.15) is 0 Å². The fraction of sp³-hybridized carbons (Fsp3) is 0.950. The molecule has 4 heteroatoms. The second kappa shape index (κ2) is 31.9. The van der Waals surface area contributed by atoms with Crippen LogP contribution in [0.2, 0.25) is 0 Å². The Morgan fingerprint density at radius 1 is 0.432 bits per heavy atom. The monoisotopic (exact) mass is 623 g/mol. The first-order chi connectivity index (χ1) is 21.4. The highest BCUT2D eigenvalue weighted by molar-refractivity contribution is 5.71. The number of unbranched alkanes of at least 4 members (excludes halogenated alkanes) is 24. The van der Waals surface area contributed by atoms with E-state index in [0.717, 1.165) is 38.5 Å². The van der Waals surface area contributed by atoms with Crippen LogP contribution in [0.15, 0.2) is 0 Å². The Morgan fingerprint density at radius 2 is 0.705 bits per heavy atom. The van der Waals surface area contributed by atoms with Crippen LogP contribution >= 0.6 is 0 Å². The summed E-state index contributed by atoms with van der Waals surface area (Å²) in [6.07, 6.45) is 38.8. The molecule has 0 amide bonds. The molecule has 0 aliphatic carbocycles. The molecule has 0 aromatic heterocycles. The van der Waals surface area contributed by atoms with Crippen LogP contribution in [0, 0.1) is 11.3 Å². The number of carboxylic acid groups (broad SMARTS) is 2. The van der Waals surface area contributed by atoms with Crippen molar-refractivity contribution in [1.82, 2.24) is 0 Å². The highest BCUT2D eigenvalue weighted by Gasteiger charge is 2.41. The van der Waals surface area contributed by atoms with Crippen molar-refractivity contribution in [3.05, 3.63) is 0 Å². The maximum absolute atomic E-state index is 12.8. The van der Waals surface area contributed by atoms with E-state index in [1.165, 1.54) is 154 Å². The van der Waals surface area contributed by atoms with Gasteiger partial charge < -0.3 is 10.2 Å². The molecule has 1 unspecified atom stereocenters. The van der Waals surface area contributed by atoms with E-state index in [-0.39, 0.29) is 11.8 Å². The smallest absolute Gasteiger partial charge is 0.307 e. The molecule has 0 rings (SSSR count). The zero-order chi connectivity index (χ0) is 32.6. The molecule has 0 bridgehead atoms. The Kier molecular flexibility index (Phi) is 31.1. The van der Waals surface area contributed by atoms with E-state index in [1.54, 1.807) is 0 Å². The standard InChI is InChI=1S/C40H78O4/c1-4-7-10-13-15-17-19-21-23-26-29-35-40(34-28-25-12-9-6-3,37(39(43)44)32-31-33-38(41)42)36-30-27-24-22-20-18-16-14-11-8-5-2/h37H,4-36H2,1-3H3,(H,41,42)(H,43,44). The van der Waals surface area contributed by atoms with Crippen molar-refractivity contribution in [3.8, 4) is 0 Å². The van der Waals surface area contributed by atoms with Gasteiger partial charge in [0, 0.05) is 6.42 Å². The van der Waals surface area contributed by atoms with Crippen molar-refractivity contribution >= 4 is 11.9 Å². The predicted octanol–water partition coefficient (Wildman–Crippen LogP) is 13.7. The molecule has 0 aliphatic heterocycles. The maximum Gasteiger partial charge on any atom is 0.307 e. The third-order valence-electron chi connectivity index (χ3n) is 10.3. The summed E-state index contributed by atoms with van der Waals surface area (Å²) in [5.74, 6) is -1.91. The maximum atomic E-state index is 12.8. The Bertz CT molecular complexity index is 605. The van der Waals surface area contributed by atoms with Crippen molar-refractivity contribution in [2.45, 2.75) is 233 Å². The quantitative estimate of drug-likeness (QED) is 0.0682. The van der Waals surface area contributed by atoms with E-state index < -0.39 is 17.9 Å². The summed E-state index contributed by atoms with van der Waals surface area (Å²) >= 11 is 0. The average molecular weight is 623 g/mol. The van der Waals surface area contributed by atoms with Crippen LogP contribution in [0.4, 0.5) is 0 Å². The van der Waals surface area contributed by atoms with Crippen LogP contribution in [0.5, 0.6) is 0 Å². The molecule has 0 aliphatic rings. The van der Waals surface area contributed by atoms with Gasteiger partial charge in [0.2, 0.25) is 0 Å². The molecule has 262 valence electrons. The highest BCUT2D eigenvalue weighted by Crippen LogP contribution is 2.46. The number of aliphatic carboxylic acids is 2. The van der Waals surface area contributed by atoms with Crippen LogP contribution in [0.3, 0.4) is 0 Å². The summed E-state index contributed by atoms with van der Waals surface area (Å²) in [7, 11) is 0. The molecule has 0 aromatic carbocycles. The van der Waals surface area contributed by atoms with Gasteiger partial charge in [-0.25, -0.2) is 0 Å². The lowest BCUT2D eigenvalue weighted by Crippen LogP contribution is -2.36. The van der Waals surface area contributed by atoms with E-state index >= 15 is 0 Å². The lowest BCUT2D eigenvalue weighted by molar-refractivity contribution is -0.149. The third kappa shape index (κ3) is 25.2. The summed E-state index contributed by atoms with van der Waals surface area (Å²) in [6.45, 7) is 6.79. The van der Waals surface area contributed by atoms with Crippen LogP contribution in [0.25, 0.3) is 0 Å². The first-order valence-electron chi connectivity index (χ1n) is 19.9. The fourth-order valence-corrected chi connectivity index (χ4v) is 7.41. The SMILES string of the molecule is CCCCCCCCCCCCCC(CCCCCCC)(CCCCCCCCCCCCC)C(CCCC(=O)O)C(=O)O. The van der Waals surface area contributed by atoms with Gasteiger partial charge in [-0.05, 0) is 37.5 Å². The van der Waals surface area contributed by atoms with Gasteiger partial charge in [-0.15, -0.1) is 0 Å². The normalized spacial score (nSPS) is 12.5. The number of hydrogen-bond donors (Lipinski definition) is 2. The van der Waals surface area contributed by atoms with E-state index in [4.69, 9.17) is 0 Å². The first-order valence-corrected chi connectivity index (χ1v) is 19.9. The number of hydrogen-bond acceptors (Lipinski definition) is 2. The molecule has 0 radical (unpaired) electrons. The molecule has 0 aromatic rings. The molecule has 0 saturated carbocycles. The topological polar surface area (TPSA) is 74.6 Å². The van der Waals surface area contributed by atoms with Crippen LogP contribution in [-0.4, -0.2) is 22.2 Å². The second-order valence-electron chi connectivity index (χ2n) is 14.3. The van der Waals surface area contributed by atoms with Gasteiger partial charge in [0.15, 0.2) is 0 Å². The predicted molar refractivity (Wildman–Crippen MR) is 191 cm³/mol.